The van der Waals surface area contributed by atoms with Crippen molar-refractivity contribution in [1.29, 1.82) is 0 Å². The third-order valence-electron chi connectivity index (χ3n) is 7.45. The Morgan fingerprint density at radius 1 is 1.00 bits per heavy atom. The summed E-state index contributed by atoms with van der Waals surface area (Å²) < 4.78 is 75.9. The van der Waals surface area contributed by atoms with Crippen molar-refractivity contribution in [3.8, 4) is 5.75 Å². The summed E-state index contributed by atoms with van der Waals surface area (Å²) in [6.45, 7) is 5.13. The summed E-state index contributed by atoms with van der Waals surface area (Å²) in [6, 6.07) is 6.64. The van der Waals surface area contributed by atoms with Gasteiger partial charge in [0.05, 0.1) is 12.1 Å². The molecule has 232 valence electrons. The smallest absolute Gasteiger partial charge is 0.444 e. The van der Waals surface area contributed by atoms with E-state index in [1.54, 1.807) is 31.9 Å². The van der Waals surface area contributed by atoms with E-state index in [-0.39, 0.29) is 23.9 Å². The van der Waals surface area contributed by atoms with Gasteiger partial charge in [-0.05, 0) is 75.4 Å². The Kier molecular flexibility index (Phi) is 7.99. The second-order valence-electron chi connectivity index (χ2n) is 12.0. The summed E-state index contributed by atoms with van der Waals surface area (Å²) in [7, 11) is 0. The summed E-state index contributed by atoms with van der Waals surface area (Å²) in [4.78, 5) is 40.3. The summed E-state index contributed by atoms with van der Waals surface area (Å²) in [5, 5.41) is 0. The number of hydrogen-bond donors (Lipinski definition) is 1. The molecule has 2 amide bonds. The number of benzene rings is 1. The van der Waals surface area contributed by atoms with Crippen LogP contribution in [0.15, 0.2) is 36.5 Å². The third-order valence-corrected chi connectivity index (χ3v) is 7.45. The molecule has 5 rings (SSSR count). The lowest BCUT2D eigenvalue weighted by Crippen LogP contribution is -2.50. The number of ether oxygens (including phenoxy) is 2. The van der Waals surface area contributed by atoms with Gasteiger partial charge in [-0.25, -0.2) is 23.5 Å². The highest BCUT2D eigenvalue weighted by molar-refractivity contribution is 5.94. The number of rotatable bonds is 4. The fraction of sp³-hybridized carbons (Fsp3) is 0.517. The van der Waals surface area contributed by atoms with Crippen LogP contribution in [0.3, 0.4) is 0 Å². The molecule has 0 aliphatic carbocycles. The predicted octanol–water partition coefficient (Wildman–Crippen LogP) is 6.24. The topological polar surface area (TPSA) is 101 Å². The number of piperidine rings is 2. The van der Waals surface area contributed by atoms with Gasteiger partial charge in [0.1, 0.15) is 17.2 Å². The van der Waals surface area contributed by atoms with Crippen molar-refractivity contribution in [2.45, 2.75) is 69.8 Å². The number of aromatic nitrogens is 3. The lowest BCUT2D eigenvalue weighted by Gasteiger charge is -2.37. The monoisotopic (exact) mass is 609 g/mol. The van der Waals surface area contributed by atoms with Crippen molar-refractivity contribution < 1.29 is 41.0 Å². The Balaban J connectivity index is 1.27. The Hall–Kier alpha value is -3.97. The highest BCUT2D eigenvalue weighted by Crippen LogP contribution is 2.38. The number of hydrogen-bond acceptors (Lipinski definition) is 6. The highest BCUT2D eigenvalue weighted by atomic mass is 19.4. The number of aromatic amines is 1. The molecule has 4 heterocycles. The number of carbonyl (C=O) groups is 2. The number of nitrogens with one attached hydrogen (secondary N) is 1. The lowest BCUT2D eigenvalue weighted by molar-refractivity contribution is -0.274. The van der Waals surface area contributed by atoms with Gasteiger partial charge in [-0.15, -0.1) is 13.2 Å². The maximum atomic E-state index is 14.7. The van der Waals surface area contributed by atoms with Crippen molar-refractivity contribution in [3.05, 3.63) is 53.5 Å². The number of amides is 2. The Morgan fingerprint density at radius 2 is 1.67 bits per heavy atom. The van der Waals surface area contributed by atoms with Gasteiger partial charge >= 0.3 is 12.5 Å². The normalized spacial score (nSPS) is 19.9. The standard InChI is InChI=1S/C29H32F5N5O4/c1-27(2,3)43-26(41)39-15-19(14-28(30,31)16-39)23-36-22-21(8-11-35-24(22)37-23)17-9-12-38(13-10-17)25(40)18-4-6-20(7-5-18)42-29(32,33)34/h4-8,11,17,19H,9-10,12-16H2,1-3H3,(H,35,36,37). The summed E-state index contributed by atoms with van der Waals surface area (Å²) in [5.41, 5.74) is 1.33. The molecule has 2 aliphatic rings. The van der Waals surface area contributed by atoms with E-state index in [1.807, 2.05) is 6.07 Å². The minimum atomic E-state index is -4.82. The van der Waals surface area contributed by atoms with Gasteiger partial charge in [-0.2, -0.15) is 0 Å². The van der Waals surface area contributed by atoms with Gasteiger partial charge in [0, 0.05) is 43.7 Å². The number of alkyl halides is 5. The van der Waals surface area contributed by atoms with Crippen LogP contribution in [0.5, 0.6) is 5.75 Å². The number of pyridine rings is 1. The zero-order chi connectivity index (χ0) is 31.2. The van der Waals surface area contributed by atoms with Crippen LogP contribution in [0, 0.1) is 0 Å². The summed E-state index contributed by atoms with van der Waals surface area (Å²) in [6.07, 6.45) is -3.30. The van der Waals surface area contributed by atoms with Crippen LogP contribution in [-0.4, -0.2) is 80.8 Å². The average molecular weight is 610 g/mol. The maximum absolute atomic E-state index is 14.7. The highest BCUT2D eigenvalue weighted by Gasteiger charge is 2.45. The van der Waals surface area contributed by atoms with Crippen molar-refractivity contribution in [2.75, 3.05) is 26.2 Å². The number of likely N-dealkylation sites (tertiary alicyclic amines) is 2. The number of H-pyrrole nitrogens is 1. The van der Waals surface area contributed by atoms with E-state index in [9.17, 15) is 31.5 Å². The van der Waals surface area contributed by atoms with Crippen LogP contribution in [0.25, 0.3) is 11.2 Å². The molecule has 0 spiro atoms. The molecule has 1 unspecified atom stereocenters. The maximum Gasteiger partial charge on any atom is 0.573 e. The first-order valence-corrected chi connectivity index (χ1v) is 13.9. The molecule has 0 saturated carbocycles. The Bertz CT molecular complexity index is 1480. The molecule has 14 heteroatoms. The van der Waals surface area contributed by atoms with Crippen LogP contribution in [0.4, 0.5) is 26.7 Å². The van der Waals surface area contributed by atoms with Gasteiger partial charge in [-0.1, -0.05) is 0 Å². The van der Waals surface area contributed by atoms with E-state index < -0.39 is 48.6 Å². The number of halogens is 5. The molecule has 2 fully saturated rings. The fourth-order valence-electron chi connectivity index (χ4n) is 5.61. The molecule has 1 atom stereocenters. The minimum absolute atomic E-state index is 0.0173. The Morgan fingerprint density at radius 3 is 2.30 bits per heavy atom. The van der Waals surface area contributed by atoms with Gasteiger partial charge in [0.25, 0.3) is 11.8 Å². The summed E-state index contributed by atoms with van der Waals surface area (Å²) >= 11 is 0. The van der Waals surface area contributed by atoms with E-state index in [0.717, 1.165) is 22.6 Å². The SMILES string of the molecule is CC(C)(C)OC(=O)N1CC(c2nc3nccc(C4CCN(C(=O)c5ccc(OC(F)(F)F)cc5)CC4)c3[nH]2)CC(F)(F)C1. The largest absolute Gasteiger partial charge is 0.573 e. The third kappa shape index (κ3) is 7.34. The Labute approximate surface area is 244 Å². The second-order valence-corrected chi connectivity index (χ2v) is 12.0. The first kappa shape index (κ1) is 30.5. The molecule has 2 aromatic heterocycles. The van der Waals surface area contributed by atoms with E-state index in [2.05, 4.69) is 19.7 Å². The van der Waals surface area contributed by atoms with Gasteiger partial charge in [0.2, 0.25) is 0 Å². The van der Waals surface area contributed by atoms with Crippen LogP contribution >= 0.6 is 0 Å². The van der Waals surface area contributed by atoms with Crippen LogP contribution in [-0.2, 0) is 4.74 Å². The molecule has 1 N–H and O–H groups in total. The van der Waals surface area contributed by atoms with Crippen LogP contribution in [0.1, 0.15) is 73.6 Å². The average Bonchev–Trinajstić information content (AvgIpc) is 3.35. The van der Waals surface area contributed by atoms with E-state index >= 15 is 0 Å². The molecule has 9 nitrogen and oxygen atoms in total. The van der Waals surface area contributed by atoms with Crippen molar-refractivity contribution in [3.63, 3.8) is 0 Å². The first-order valence-electron chi connectivity index (χ1n) is 13.9. The predicted molar refractivity (Wildman–Crippen MR) is 145 cm³/mol. The molecule has 43 heavy (non-hydrogen) atoms. The zero-order valence-corrected chi connectivity index (χ0v) is 23.9. The van der Waals surface area contributed by atoms with Crippen molar-refractivity contribution in [2.24, 2.45) is 0 Å². The number of carbonyl (C=O) groups excluding carboxylic acids is 2. The quantitative estimate of drug-likeness (QED) is 0.352. The van der Waals surface area contributed by atoms with Crippen molar-refractivity contribution >= 4 is 23.2 Å². The molecule has 1 aromatic carbocycles. The van der Waals surface area contributed by atoms with Gasteiger partial charge in [-0.3, -0.25) is 4.79 Å². The van der Waals surface area contributed by atoms with E-state index in [4.69, 9.17) is 4.74 Å². The molecule has 0 radical (unpaired) electrons. The number of imidazole rings is 1. The number of fused-ring (bicyclic) bond motifs is 1. The van der Waals surface area contributed by atoms with E-state index in [0.29, 0.717) is 42.9 Å². The molecule has 3 aromatic rings. The zero-order valence-electron chi connectivity index (χ0n) is 23.9. The molecular formula is C29H32F5N5O4. The number of nitrogens with zero attached hydrogens (tertiary/aromatic N) is 4. The lowest BCUT2D eigenvalue weighted by atomic mass is 9.89. The second kappa shape index (κ2) is 11.3. The fourth-order valence-corrected chi connectivity index (χ4v) is 5.61. The molecule has 2 saturated heterocycles. The van der Waals surface area contributed by atoms with Gasteiger partial charge in [0.15, 0.2) is 5.65 Å². The molecular weight excluding hydrogens is 577 g/mol. The van der Waals surface area contributed by atoms with Crippen molar-refractivity contribution in [1.82, 2.24) is 24.8 Å². The van der Waals surface area contributed by atoms with E-state index in [1.165, 1.54) is 12.1 Å². The first-order chi connectivity index (χ1) is 20.1. The van der Waals surface area contributed by atoms with Crippen LogP contribution < -0.4 is 4.74 Å². The van der Waals surface area contributed by atoms with Gasteiger partial charge < -0.3 is 24.3 Å². The van der Waals surface area contributed by atoms with Crippen LogP contribution in [0.2, 0.25) is 0 Å². The summed E-state index contributed by atoms with van der Waals surface area (Å²) in [5.74, 6) is -4.25. The molecule has 0 bridgehead atoms. The minimum Gasteiger partial charge on any atom is -0.444 e. The molecule has 2 aliphatic heterocycles.